The predicted molar refractivity (Wildman–Crippen MR) is 168 cm³/mol. The van der Waals surface area contributed by atoms with Crippen molar-refractivity contribution in [2.24, 2.45) is 0 Å². The SMILES string of the molecule is CCn1c2ccccc2c2cc(CN3CCN(C(Cc4ccccc4OC)c4nc5ccccc5[nH]4)CC3)ccc21. The van der Waals surface area contributed by atoms with Gasteiger partial charge >= 0.3 is 0 Å². The van der Waals surface area contributed by atoms with E-state index in [-0.39, 0.29) is 6.04 Å². The molecule has 1 aliphatic heterocycles. The van der Waals surface area contributed by atoms with Crippen molar-refractivity contribution in [2.45, 2.75) is 32.5 Å². The lowest BCUT2D eigenvalue weighted by molar-refractivity contribution is 0.0881. The maximum absolute atomic E-state index is 5.72. The summed E-state index contributed by atoms with van der Waals surface area (Å²) in [6.45, 7) is 8.22. The minimum absolute atomic E-state index is 0.150. The molecule has 2 aromatic heterocycles. The van der Waals surface area contributed by atoms with E-state index >= 15 is 0 Å². The molecule has 1 unspecified atom stereocenters. The molecule has 0 aliphatic carbocycles. The summed E-state index contributed by atoms with van der Waals surface area (Å²) in [5, 5.41) is 2.71. The van der Waals surface area contributed by atoms with Crippen molar-refractivity contribution in [3.05, 3.63) is 108 Å². The first-order chi connectivity index (χ1) is 20.2. The number of fused-ring (bicyclic) bond motifs is 4. The predicted octanol–water partition coefficient (Wildman–Crippen LogP) is 6.80. The number of benzene rings is 4. The Labute approximate surface area is 241 Å². The average Bonchev–Trinajstić information content (AvgIpc) is 3.59. The molecule has 0 amide bonds. The minimum Gasteiger partial charge on any atom is -0.496 e. The number of methoxy groups -OCH3 is 1. The molecular formula is C35H37N5O. The average molecular weight is 544 g/mol. The zero-order valence-electron chi connectivity index (χ0n) is 23.9. The lowest BCUT2D eigenvalue weighted by atomic mass is 10.0. The lowest BCUT2D eigenvalue weighted by Gasteiger charge is -2.39. The molecule has 41 heavy (non-hydrogen) atoms. The van der Waals surface area contributed by atoms with Crippen LogP contribution in [-0.4, -0.2) is 57.6 Å². The summed E-state index contributed by atoms with van der Waals surface area (Å²) in [4.78, 5) is 13.9. The third kappa shape index (κ3) is 4.88. The van der Waals surface area contributed by atoms with Gasteiger partial charge in [-0.3, -0.25) is 9.80 Å². The highest BCUT2D eigenvalue weighted by Crippen LogP contribution is 2.32. The van der Waals surface area contributed by atoms with Crippen LogP contribution in [0.2, 0.25) is 0 Å². The van der Waals surface area contributed by atoms with Gasteiger partial charge in [-0.15, -0.1) is 0 Å². The first-order valence-electron chi connectivity index (χ1n) is 14.7. The van der Waals surface area contributed by atoms with Crippen LogP contribution in [0.25, 0.3) is 32.8 Å². The van der Waals surface area contributed by atoms with Crippen molar-refractivity contribution in [2.75, 3.05) is 33.3 Å². The molecule has 6 aromatic rings. The number of aromatic amines is 1. The highest BCUT2D eigenvalue weighted by atomic mass is 16.5. The van der Waals surface area contributed by atoms with E-state index in [1.807, 2.05) is 6.07 Å². The monoisotopic (exact) mass is 543 g/mol. The Morgan fingerprint density at radius 3 is 2.41 bits per heavy atom. The smallest absolute Gasteiger partial charge is 0.125 e. The Bertz CT molecular complexity index is 1780. The van der Waals surface area contributed by atoms with Crippen molar-refractivity contribution >= 4 is 32.8 Å². The maximum atomic E-state index is 5.72. The van der Waals surface area contributed by atoms with E-state index in [9.17, 15) is 0 Å². The number of nitrogens with one attached hydrogen (secondary N) is 1. The number of ether oxygens (including phenoxy) is 1. The summed E-state index contributed by atoms with van der Waals surface area (Å²) >= 11 is 0. The topological polar surface area (TPSA) is 49.3 Å². The van der Waals surface area contributed by atoms with Crippen LogP contribution in [0.1, 0.15) is 29.9 Å². The van der Waals surface area contributed by atoms with Gasteiger partial charge in [0.05, 0.1) is 24.2 Å². The number of hydrogen-bond donors (Lipinski definition) is 1. The molecule has 1 aliphatic rings. The van der Waals surface area contributed by atoms with Gasteiger partial charge in [-0.1, -0.05) is 54.6 Å². The molecule has 0 saturated carbocycles. The summed E-state index contributed by atoms with van der Waals surface area (Å²) in [6, 6.07) is 32.7. The molecule has 1 saturated heterocycles. The molecule has 208 valence electrons. The zero-order chi connectivity index (χ0) is 27.8. The first-order valence-corrected chi connectivity index (χ1v) is 14.7. The van der Waals surface area contributed by atoms with Crippen LogP contribution < -0.4 is 4.74 Å². The van der Waals surface area contributed by atoms with Gasteiger partial charge in [-0.05, 0) is 60.9 Å². The van der Waals surface area contributed by atoms with Crippen molar-refractivity contribution in [3.8, 4) is 5.75 Å². The van der Waals surface area contributed by atoms with Crippen molar-refractivity contribution < 1.29 is 4.74 Å². The van der Waals surface area contributed by atoms with E-state index in [0.29, 0.717) is 0 Å². The van der Waals surface area contributed by atoms with Gasteiger partial charge < -0.3 is 14.3 Å². The largest absolute Gasteiger partial charge is 0.496 e. The Kier molecular flexibility index (Phi) is 6.95. The van der Waals surface area contributed by atoms with E-state index in [1.165, 1.54) is 32.9 Å². The number of H-pyrrole nitrogens is 1. The van der Waals surface area contributed by atoms with Gasteiger partial charge in [-0.2, -0.15) is 0 Å². The second kappa shape index (κ2) is 11.0. The fourth-order valence-corrected chi connectivity index (χ4v) is 6.64. The summed E-state index contributed by atoms with van der Waals surface area (Å²) in [5.74, 6) is 1.97. The second-order valence-electron chi connectivity index (χ2n) is 11.1. The molecule has 6 heteroatoms. The Morgan fingerprint density at radius 1 is 0.829 bits per heavy atom. The fraction of sp³-hybridized carbons (Fsp3) is 0.286. The first kappa shape index (κ1) is 25.8. The van der Waals surface area contributed by atoms with Gasteiger partial charge in [0.1, 0.15) is 11.6 Å². The van der Waals surface area contributed by atoms with Crippen LogP contribution in [0.4, 0.5) is 0 Å². The molecule has 7 rings (SSSR count). The highest BCUT2D eigenvalue weighted by Gasteiger charge is 2.28. The summed E-state index contributed by atoms with van der Waals surface area (Å²) < 4.78 is 8.14. The number of rotatable bonds is 8. The Balaban J connectivity index is 1.11. The van der Waals surface area contributed by atoms with E-state index in [1.54, 1.807) is 7.11 Å². The number of para-hydroxylation sites is 4. The second-order valence-corrected chi connectivity index (χ2v) is 11.1. The van der Waals surface area contributed by atoms with Crippen LogP contribution in [0.5, 0.6) is 5.75 Å². The molecule has 6 nitrogen and oxygen atoms in total. The standard InChI is InChI=1S/C35H37N5O/c1-3-40-31-14-8-5-11-27(31)28-22-25(16-17-32(28)40)24-38-18-20-39(21-19-38)33(23-26-10-4-9-15-34(26)41-2)35-36-29-12-6-7-13-30(29)37-35/h4-17,22,33H,3,18-21,23-24H2,1-2H3,(H,36,37). The number of nitrogens with zero attached hydrogens (tertiary/aromatic N) is 4. The Morgan fingerprint density at radius 2 is 1.59 bits per heavy atom. The molecule has 1 fully saturated rings. The van der Waals surface area contributed by atoms with Crippen LogP contribution in [-0.2, 0) is 19.5 Å². The van der Waals surface area contributed by atoms with E-state index in [4.69, 9.17) is 9.72 Å². The van der Waals surface area contributed by atoms with Crippen LogP contribution in [0.15, 0.2) is 91.0 Å². The van der Waals surface area contributed by atoms with Crippen LogP contribution in [0, 0.1) is 0 Å². The van der Waals surface area contributed by atoms with Gasteiger partial charge in [0, 0.05) is 61.1 Å². The highest BCUT2D eigenvalue weighted by molar-refractivity contribution is 6.08. The number of hydrogen-bond acceptors (Lipinski definition) is 4. The molecular weight excluding hydrogens is 506 g/mol. The van der Waals surface area contributed by atoms with Crippen molar-refractivity contribution in [1.29, 1.82) is 0 Å². The third-order valence-corrected chi connectivity index (χ3v) is 8.74. The number of imidazole rings is 1. The van der Waals surface area contributed by atoms with E-state index in [2.05, 4.69) is 111 Å². The van der Waals surface area contributed by atoms with Gasteiger partial charge in [-0.25, -0.2) is 4.98 Å². The number of piperazine rings is 1. The molecule has 4 aromatic carbocycles. The van der Waals surface area contributed by atoms with E-state index in [0.717, 1.165) is 68.3 Å². The normalized spacial score (nSPS) is 15.7. The quantitative estimate of drug-likeness (QED) is 0.229. The molecule has 1 N–H and O–H groups in total. The zero-order valence-corrected chi connectivity index (χ0v) is 23.9. The Hall–Kier alpha value is -4.13. The number of aromatic nitrogens is 3. The summed E-state index contributed by atoms with van der Waals surface area (Å²) in [6.07, 6.45) is 0.849. The van der Waals surface area contributed by atoms with E-state index < -0.39 is 0 Å². The third-order valence-electron chi connectivity index (χ3n) is 8.74. The molecule has 0 spiro atoms. The maximum Gasteiger partial charge on any atom is 0.125 e. The molecule has 1 atom stereocenters. The van der Waals surface area contributed by atoms with Crippen molar-refractivity contribution in [1.82, 2.24) is 24.3 Å². The van der Waals surface area contributed by atoms with Crippen molar-refractivity contribution in [3.63, 3.8) is 0 Å². The van der Waals surface area contributed by atoms with Crippen LogP contribution >= 0.6 is 0 Å². The van der Waals surface area contributed by atoms with Gasteiger partial charge in [0.15, 0.2) is 0 Å². The van der Waals surface area contributed by atoms with Gasteiger partial charge in [0.25, 0.3) is 0 Å². The molecule has 3 heterocycles. The minimum atomic E-state index is 0.150. The fourth-order valence-electron chi connectivity index (χ4n) is 6.64. The van der Waals surface area contributed by atoms with Gasteiger partial charge in [0.2, 0.25) is 0 Å². The number of aryl methyl sites for hydroxylation is 1. The summed E-state index contributed by atoms with van der Waals surface area (Å²) in [5.41, 5.74) is 7.35. The lowest BCUT2D eigenvalue weighted by Crippen LogP contribution is -2.47. The molecule has 0 radical (unpaired) electrons. The summed E-state index contributed by atoms with van der Waals surface area (Å²) in [7, 11) is 1.76. The van der Waals surface area contributed by atoms with Crippen LogP contribution in [0.3, 0.4) is 0 Å². The molecule has 0 bridgehead atoms.